The number of rotatable bonds is 10. The number of hydrogen-bond donors (Lipinski definition) is 2. The quantitative estimate of drug-likeness (QED) is 0.503. The fourth-order valence-corrected chi connectivity index (χ4v) is 3.43. The summed E-state index contributed by atoms with van der Waals surface area (Å²) in [6.07, 6.45) is 0. The number of nitrogens with one attached hydrogen (secondary N) is 2. The molecule has 1 aromatic heterocycles. The van der Waals surface area contributed by atoms with Crippen molar-refractivity contribution in [2.24, 2.45) is 0 Å². The zero-order valence-electron chi connectivity index (χ0n) is 18.9. The van der Waals surface area contributed by atoms with Gasteiger partial charge in [0.15, 0.2) is 0 Å². The van der Waals surface area contributed by atoms with Crippen LogP contribution in [0.25, 0.3) is 10.9 Å². The zero-order valence-corrected chi connectivity index (χ0v) is 18.9. The second-order valence-corrected chi connectivity index (χ2v) is 7.27. The highest BCUT2D eigenvalue weighted by Gasteiger charge is 2.12. The summed E-state index contributed by atoms with van der Waals surface area (Å²) in [6.45, 7) is 12.1. The number of likely N-dealkylation sites (N-methyl/N-ethyl adjacent to an activating group) is 1. The molecule has 0 atom stereocenters. The van der Waals surface area contributed by atoms with Gasteiger partial charge in [0.25, 0.3) is 0 Å². The van der Waals surface area contributed by atoms with E-state index in [1.165, 1.54) is 0 Å². The van der Waals surface area contributed by atoms with E-state index in [0.717, 1.165) is 54.3 Å². The second-order valence-electron chi connectivity index (χ2n) is 7.27. The van der Waals surface area contributed by atoms with Crippen LogP contribution < -0.4 is 15.5 Å². The minimum Gasteiger partial charge on any atom is -0.341 e. The van der Waals surface area contributed by atoms with Gasteiger partial charge in [-0.1, -0.05) is 26.0 Å². The van der Waals surface area contributed by atoms with E-state index in [1.807, 2.05) is 48.5 Å². The van der Waals surface area contributed by atoms with Crippen LogP contribution in [0.3, 0.4) is 0 Å². The molecule has 7 heteroatoms. The maximum Gasteiger partial charge on any atom is 0.238 e. The summed E-state index contributed by atoms with van der Waals surface area (Å²) < 4.78 is 0. The van der Waals surface area contributed by atoms with Crippen molar-refractivity contribution in [1.82, 2.24) is 14.9 Å². The molecule has 0 saturated carbocycles. The minimum atomic E-state index is -0.00457. The number of anilines is 4. The van der Waals surface area contributed by atoms with Crippen LogP contribution in [-0.2, 0) is 4.79 Å². The molecular weight excluding hydrogens is 388 g/mol. The van der Waals surface area contributed by atoms with E-state index in [0.29, 0.717) is 12.5 Å². The maximum absolute atomic E-state index is 12.2. The summed E-state index contributed by atoms with van der Waals surface area (Å²) in [4.78, 5) is 26.0. The predicted octanol–water partition coefficient (Wildman–Crippen LogP) is 4.50. The van der Waals surface area contributed by atoms with Gasteiger partial charge in [-0.2, -0.15) is 4.98 Å². The zero-order chi connectivity index (χ0) is 22.2. The molecule has 0 spiro atoms. The second kappa shape index (κ2) is 10.7. The largest absolute Gasteiger partial charge is 0.341 e. The lowest BCUT2D eigenvalue weighted by Crippen LogP contribution is -2.32. The molecule has 164 valence electrons. The van der Waals surface area contributed by atoms with Gasteiger partial charge in [-0.25, -0.2) is 4.98 Å². The van der Waals surface area contributed by atoms with Crippen molar-refractivity contribution in [2.45, 2.75) is 27.7 Å². The SMILES string of the molecule is CCN(CC)CC(=O)Nc1ccc(Nc2nc(N(CC)CC)nc3ccccc23)cc1. The summed E-state index contributed by atoms with van der Waals surface area (Å²) in [5, 5.41) is 7.35. The molecule has 1 heterocycles. The highest BCUT2D eigenvalue weighted by atomic mass is 16.2. The first kappa shape index (κ1) is 22.5. The first-order valence-corrected chi connectivity index (χ1v) is 11.0. The van der Waals surface area contributed by atoms with E-state index in [2.05, 4.69) is 48.1 Å². The molecule has 0 aliphatic carbocycles. The van der Waals surface area contributed by atoms with Crippen molar-refractivity contribution in [3.05, 3.63) is 48.5 Å². The van der Waals surface area contributed by atoms with Crippen LogP contribution in [0, 0.1) is 0 Å². The number of nitrogens with zero attached hydrogens (tertiary/aromatic N) is 4. The number of fused-ring (bicyclic) bond motifs is 1. The number of amides is 1. The molecule has 3 rings (SSSR count). The maximum atomic E-state index is 12.2. The predicted molar refractivity (Wildman–Crippen MR) is 129 cm³/mol. The molecule has 3 aromatic rings. The lowest BCUT2D eigenvalue weighted by Gasteiger charge is -2.20. The summed E-state index contributed by atoms with van der Waals surface area (Å²) in [7, 11) is 0. The van der Waals surface area contributed by atoms with Crippen LogP contribution in [0.15, 0.2) is 48.5 Å². The molecule has 0 aliphatic rings. The molecular formula is C24H32N6O. The molecule has 0 fully saturated rings. The number of para-hydroxylation sites is 1. The van der Waals surface area contributed by atoms with Crippen LogP contribution in [0.5, 0.6) is 0 Å². The monoisotopic (exact) mass is 420 g/mol. The summed E-state index contributed by atoms with van der Waals surface area (Å²) in [5.74, 6) is 1.48. The Morgan fingerprint density at radius 2 is 1.48 bits per heavy atom. The average molecular weight is 421 g/mol. The van der Waals surface area contributed by atoms with E-state index in [-0.39, 0.29) is 5.91 Å². The standard InChI is InChI=1S/C24H32N6O/c1-5-29(6-2)17-22(31)25-18-13-15-19(16-14-18)26-23-20-11-9-10-12-21(20)27-24(28-23)30(7-3)8-4/h9-16H,5-8,17H2,1-4H3,(H,25,31)(H,26,27,28). The van der Waals surface area contributed by atoms with Crippen LogP contribution in [0.1, 0.15) is 27.7 Å². The molecule has 7 nitrogen and oxygen atoms in total. The van der Waals surface area contributed by atoms with Gasteiger partial charge in [0.1, 0.15) is 5.82 Å². The van der Waals surface area contributed by atoms with Gasteiger partial charge in [0.2, 0.25) is 11.9 Å². The Hall–Kier alpha value is -3.19. The summed E-state index contributed by atoms with van der Waals surface area (Å²) in [5.41, 5.74) is 2.58. The minimum absolute atomic E-state index is 0.00457. The Morgan fingerprint density at radius 3 is 2.13 bits per heavy atom. The normalized spacial score (nSPS) is 11.0. The van der Waals surface area contributed by atoms with Crippen molar-refractivity contribution >= 4 is 40.0 Å². The first-order valence-electron chi connectivity index (χ1n) is 11.0. The fourth-order valence-electron chi connectivity index (χ4n) is 3.43. The number of carbonyl (C=O) groups is 1. The van der Waals surface area contributed by atoms with Crippen molar-refractivity contribution in [1.29, 1.82) is 0 Å². The Morgan fingerprint density at radius 1 is 0.839 bits per heavy atom. The van der Waals surface area contributed by atoms with Crippen LogP contribution in [-0.4, -0.2) is 53.5 Å². The molecule has 1 amide bonds. The fraction of sp³-hybridized carbons (Fsp3) is 0.375. The smallest absolute Gasteiger partial charge is 0.238 e. The van der Waals surface area contributed by atoms with Crippen LogP contribution in [0.2, 0.25) is 0 Å². The third kappa shape index (κ3) is 5.70. The molecule has 0 aliphatic heterocycles. The van der Waals surface area contributed by atoms with E-state index in [1.54, 1.807) is 0 Å². The van der Waals surface area contributed by atoms with Gasteiger partial charge < -0.3 is 15.5 Å². The average Bonchev–Trinajstić information content (AvgIpc) is 2.79. The van der Waals surface area contributed by atoms with E-state index < -0.39 is 0 Å². The number of carbonyl (C=O) groups excluding carboxylic acids is 1. The van der Waals surface area contributed by atoms with Crippen LogP contribution >= 0.6 is 0 Å². The third-order valence-electron chi connectivity index (χ3n) is 5.33. The molecule has 0 saturated heterocycles. The number of aromatic nitrogens is 2. The number of hydrogen-bond acceptors (Lipinski definition) is 6. The topological polar surface area (TPSA) is 73.4 Å². The highest BCUT2D eigenvalue weighted by Crippen LogP contribution is 2.27. The van der Waals surface area contributed by atoms with E-state index in [4.69, 9.17) is 9.97 Å². The van der Waals surface area contributed by atoms with Crippen molar-refractivity contribution in [3.8, 4) is 0 Å². The number of benzene rings is 2. The Bertz CT molecular complexity index is 997. The molecule has 0 unspecified atom stereocenters. The van der Waals surface area contributed by atoms with Gasteiger partial charge in [0.05, 0.1) is 12.1 Å². The van der Waals surface area contributed by atoms with Crippen LogP contribution in [0.4, 0.5) is 23.1 Å². The Labute approximate surface area is 184 Å². The Kier molecular flexibility index (Phi) is 7.78. The summed E-state index contributed by atoms with van der Waals surface area (Å²) in [6, 6.07) is 15.7. The van der Waals surface area contributed by atoms with Gasteiger partial charge in [-0.05, 0) is 63.3 Å². The van der Waals surface area contributed by atoms with Gasteiger partial charge in [-0.15, -0.1) is 0 Å². The molecule has 0 radical (unpaired) electrons. The van der Waals surface area contributed by atoms with Crippen molar-refractivity contribution in [3.63, 3.8) is 0 Å². The van der Waals surface area contributed by atoms with E-state index in [9.17, 15) is 4.79 Å². The lowest BCUT2D eigenvalue weighted by molar-refractivity contribution is -0.117. The van der Waals surface area contributed by atoms with Gasteiger partial charge in [0, 0.05) is 29.9 Å². The Balaban J connectivity index is 1.78. The summed E-state index contributed by atoms with van der Waals surface area (Å²) >= 11 is 0. The molecule has 2 aromatic carbocycles. The van der Waals surface area contributed by atoms with Crippen molar-refractivity contribution in [2.75, 3.05) is 48.3 Å². The molecule has 0 bridgehead atoms. The lowest BCUT2D eigenvalue weighted by atomic mass is 10.2. The van der Waals surface area contributed by atoms with Gasteiger partial charge in [-0.3, -0.25) is 9.69 Å². The highest BCUT2D eigenvalue weighted by molar-refractivity contribution is 5.93. The molecule has 31 heavy (non-hydrogen) atoms. The van der Waals surface area contributed by atoms with E-state index >= 15 is 0 Å². The third-order valence-corrected chi connectivity index (χ3v) is 5.33. The van der Waals surface area contributed by atoms with Gasteiger partial charge >= 0.3 is 0 Å². The first-order chi connectivity index (χ1) is 15.1. The van der Waals surface area contributed by atoms with Crippen molar-refractivity contribution < 1.29 is 4.79 Å². The molecule has 2 N–H and O–H groups in total.